The van der Waals surface area contributed by atoms with Crippen molar-refractivity contribution in [2.45, 2.75) is 12.3 Å². The summed E-state index contributed by atoms with van der Waals surface area (Å²) in [5, 5.41) is 1.28. The fourth-order valence-electron chi connectivity index (χ4n) is 2.21. The first-order valence-electron chi connectivity index (χ1n) is 5.26. The van der Waals surface area contributed by atoms with Crippen molar-refractivity contribution in [3.05, 3.63) is 34.4 Å². The summed E-state index contributed by atoms with van der Waals surface area (Å²) in [6, 6.07) is 8.58. The number of halogens is 1. The van der Waals surface area contributed by atoms with Gasteiger partial charge in [-0.3, -0.25) is 0 Å². The predicted octanol–water partition coefficient (Wildman–Crippen LogP) is 2.99. The molecule has 3 N–H and O–H groups in total. The zero-order valence-corrected chi connectivity index (χ0v) is 9.92. The zero-order chi connectivity index (χ0) is 10.4. The molecule has 3 heteroatoms. The number of aromatic amines is 1. The third kappa shape index (κ3) is 1.60. The molecule has 1 fully saturated rings. The van der Waals surface area contributed by atoms with Crippen molar-refractivity contribution in [2.24, 2.45) is 11.7 Å². The van der Waals surface area contributed by atoms with Gasteiger partial charge in [-0.05, 0) is 43.1 Å². The summed E-state index contributed by atoms with van der Waals surface area (Å²) in [6.45, 7) is 0.809. The minimum Gasteiger partial charge on any atom is -0.358 e. The first-order valence-corrected chi connectivity index (χ1v) is 6.05. The Hall–Kier alpha value is -0.800. The van der Waals surface area contributed by atoms with Crippen molar-refractivity contribution in [3.8, 4) is 0 Å². The smallest absolute Gasteiger partial charge is 0.0456 e. The van der Waals surface area contributed by atoms with E-state index in [2.05, 4.69) is 45.2 Å². The van der Waals surface area contributed by atoms with E-state index in [4.69, 9.17) is 5.73 Å². The largest absolute Gasteiger partial charge is 0.358 e. The molecule has 1 aliphatic rings. The monoisotopic (exact) mass is 264 g/mol. The van der Waals surface area contributed by atoms with E-state index in [9.17, 15) is 0 Å². The van der Waals surface area contributed by atoms with E-state index in [1.165, 1.54) is 23.0 Å². The van der Waals surface area contributed by atoms with Crippen LogP contribution in [0.2, 0.25) is 0 Å². The summed E-state index contributed by atoms with van der Waals surface area (Å²) in [4.78, 5) is 3.47. The fourth-order valence-corrected chi connectivity index (χ4v) is 2.59. The van der Waals surface area contributed by atoms with E-state index >= 15 is 0 Å². The molecule has 0 bridgehead atoms. The lowest BCUT2D eigenvalue weighted by Crippen LogP contribution is -2.01. The Balaban J connectivity index is 2.00. The maximum Gasteiger partial charge on any atom is 0.0456 e. The van der Waals surface area contributed by atoms with Crippen LogP contribution in [0.3, 0.4) is 0 Å². The first kappa shape index (κ1) is 9.43. The lowest BCUT2D eigenvalue weighted by Gasteiger charge is -1.92. The van der Waals surface area contributed by atoms with Gasteiger partial charge in [-0.2, -0.15) is 0 Å². The average Bonchev–Trinajstić information content (AvgIpc) is 2.91. The third-order valence-corrected chi connectivity index (χ3v) is 3.72. The number of hydrogen-bond acceptors (Lipinski definition) is 1. The highest BCUT2D eigenvalue weighted by atomic mass is 79.9. The van der Waals surface area contributed by atoms with Gasteiger partial charge in [0, 0.05) is 27.0 Å². The molecule has 0 aliphatic heterocycles. The van der Waals surface area contributed by atoms with E-state index in [-0.39, 0.29) is 0 Å². The van der Waals surface area contributed by atoms with Crippen LogP contribution in [0.25, 0.3) is 10.9 Å². The van der Waals surface area contributed by atoms with Gasteiger partial charge in [-0.1, -0.05) is 15.9 Å². The molecule has 1 saturated carbocycles. The Kier molecular flexibility index (Phi) is 2.11. The van der Waals surface area contributed by atoms with Gasteiger partial charge in [-0.25, -0.2) is 0 Å². The van der Waals surface area contributed by atoms with Gasteiger partial charge >= 0.3 is 0 Å². The molecule has 78 valence electrons. The maximum absolute atomic E-state index is 5.66. The van der Waals surface area contributed by atoms with Crippen LogP contribution in [0.4, 0.5) is 0 Å². The molecule has 3 rings (SSSR count). The van der Waals surface area contributed by atoms with Crippen molar-refractivity contribution < 1.29 is 0 Å². The van der Waals surface area contributed by atoms with E-state index in [1.807, 2.05) is 0 Å². The third-order valence-electron chi connectivity index (χ3n) is 3.23. The second kappa shape index (κ2) is 3.35. The predicted molar refractivity (Wildman–Crippen MR) is 65.9 cm³/mol. The Bertz CT molecular complexity index is 503. The number of nitrogens with one attached hydrogen (secondary N) is 1. The number of rotatable bonds is 2. The average molecular weight is 265 g/mol. The summed E-state index contributed by atoms with van der Waals surface area (Å²) in [5.74, 6) is 1.36. The molecule has 2 atom stereocenters. The lowest BCUT2D eigenvalue weighted by atomic mass is 10.2. The van der Waals surface area contributed by atoms with Crippen molar-refractivity contribution in [1.29, 1.82) is 0 Å². The molecule has 1 aromatic carbocycles. The molecular weight excluding hydrogens is 252 g/mol. The molecule has 0 amide bonds. The van der Waals surface area contributed by atoms with Crippen molar-refractivity contribution in [3.63, 3.8) is 0 Å². The van der Waals surface area contributed by atoms with Crippen LogP contribution in [0.15, 0.2) is 28.7 Å². The number of fused-ring (bicyclic) bond motifs is 1. The maximum atomic E-state index is 5.66. The van der Waals surface area contributed by atoms with Crippen molar-refractivity contribution in [2.75, 3.05) is 6.54 Å². The fraction of sp³-hybridized carbons (Fsp3) is 0.333. The Morgan fingerprint density at radius 3 is 3.00 bits per heavy atom. The van der Waals surface area contributed by atoms with Gasteiger partial charge in [0.25, 0.3) is 0 Å². The van der Waals surface area contributed by atoms with E-state index in [0.717, 1.165) is 11.0 Å². The van der Waals surface area contributed by atoms with Crippen LogP contribution in [-0.2, 0) is 0 Å². The first-order chi connectivity index (χ1) is 7.28. The molecule has 2 nitrogen and oxygen atoms in total. The number of hydrogen-bond donors (Lipinski definition) is 2. The molecule has 0 radical (unpaired) electrons. The number of H-pyrrole nitrogens is 1. The van der Waals surface area contributed by atoms with Gasteiger partial charge < -0.3 is 10.7 Å². The second-order valence-electron chi connectivity index (χ2n) is 4.29. The Morgan fingerprint density at radius 1 is 1.40 bits per heavy atom. The van der Waals surface area contributed by atoms with Crippen LogP contribution in [0.1, 0.15) is 18.0 Å². The standard InChI is InChI=1S/C12H13BrN2/c13-9-1-2-11-7(3-9)5-12(15-11)10-4-8(10)6-14/h1-3,5,8,10,15H,4,6,14H2/t8-,10+/m0/s1. The van der Waals surface area contributed by atoms with E-state index in [0.29, 0.717) is 11.8 Å². The Morgan fingerprint density at radius 2 is 2.27 bits per heavy atom. The minimum absolute atomic E-state index is 0.668. The molecule has 1 heterocycles. The van der Waals surface area contributed by atoms with Crippen LogP contribution >= 0.6 is 15.9 Å². The van der Waals surface area contributed by atoms with E-state index in [1.54, 1.807) is 0 Å². The van der Waals surface area contributed by atoms with Gasteiger partial charge in [0.15, 0.2) is 0 Å². The minimum atomic E-state index is 0.668. The van der Waals surface area contributed by atoms with Gasteiger partial charge in [0.2, 0.25) is 0 Å². The number of benzene rings is 1. The summed E-state index contributed by atoms with van der Waals surface area (Å²) in [7, 11) is 0. The highest BCUT2D eigenvalue weighted by Crippen LogP contribution is 2.46. The molecular formula is C12H13BrN2. The summed E-state index contributed by atoms with van der Waals surface area (Å²) in [6.07, 6.45) is 1.24. The lowest BCUT2D eigenvalue weighted by molar-refractivity contribution is 0.801. The molecule has 15 heavy (non-hydrogen) atoms. The molecule has 0 saturated heterocycles. The molecule has 0 spiro atoms. The zero-order valence-electron chi connectivity index (χ0n) is 8.33. The quantitative estimate of drug-likeness (QED) is 0.861. The van der Waals surface area contributed by atoms with Crippen LogP contribution in [-0.4, -0.2) is 11.5 Å². The highest BCUT2D eigenvalue weighted by molar-refractivity contribution is 9.10. The van der Waals surface area contributed by atoms with Gasteiger partial charge in [0.05, 0.1) is 0 Å². The Labute approximate surface area is 97.0 Å². The summed E-state index contributed by atoms with van der Waals surface area (Å²) < 4.78 is 1.13. The molecule has 1 aromatic heterocycles. The van der Waals surface area contributed by atoms with Crippen LogP contribution < -0.4 is 5.73 Å². The molecule has 0 unspecified atom stereocenters. The van der Waals surface area contributed by atoms with Gasteiger partial charge in [-0.15, -0.1) is 0 Å². The number of aromatic nitrogens is 1. The van der Waals surface area contributed by atoms with Gasteiger partial charge in [0.1, 0.15) is 0 Å². The highest BCUT2D eigenvalue weighted by Gasteiger charge is 2.37. The van der Waals surface area contributed by atoms with Crippen LogP contribution in [0.5, 0.6) is 0 Å². The SMILES string of the molecule is NC[C@@H]1C[C@H]1c1cc2cc(Br)ccc2[nH]1. The van der Waals surface area contributed by atoms with Crippen LogP contribution in [0, 0.1) is 5.92 Å². The summed E-state index contributed by atoms with van der Waals surface area (Å²) in [5.41, 5.74) is 8.22. The number of nitrogens with two attached hydrogens (primary N) is 1. The van der Waals surface area contributed by atoms with E-state index < -0.39 is 0 Å². The van der Waals surface area contributed by atoms with Crippen molar-refractivity contribution >= 4 is 26.8 Å². The molecule has 1 aliphatic carbocycles. The second-order valence-corrected chi connectivity index (χ2v) is 5.21. The normalized spacial score (nSPS) is 24.7. The van der Waals surface area contributed by atoms with Crippen molar-refractivity contribution in [1.82, 2.24) is 4.98 Å². The summed E-state index contributed by atoms with van der Waals surface area (Å²) >= 11 is 3.49. The topological polar surface area (TPSA) is 41.8 Å². The molecule has 2 aromatic rings.